The van der Waals surface area contributed by atoms with Gasteiger partial charge in [-0.25, -0.2) is 0 Å². The third-order valence-electron chi connectivity index (χ3n) is 0.631. The fourth-order valence-corrected chi connectivity index (χ4v) is 0.856. The molecule has 1 nitrogen and oxygen atoms in total. The standard InChI is InChI=1S/C5H3NS.Cu.Li.H/c6-4-5-2-1-3-7-5;;;/h1-3H;;;/q;;+1;-1. The van der Waals surface area contributed by atoms with E-state index in [2.05, 4.69) is 0 Å². The quantitative estimate of drug-likeness (QED) is 0.457. The zero-order valence-electron chi connectivity index (χ0n) is 5.89. The Labute approximate surface area is 82.2 Å². The number of thiophene rings is 1. The number of rotatable bonds is 0. The molecule has 1 aromatic rings. The van der Waals surface area contributed by atoms with E-state index in [0.29, 0.717) is 0 Å². The van der Waals surface area contributed by atoms with E-state index in [1.165, 1.54) is 11.3 Å². The van der Waals surface area contributed by atoms with Crippen LogP contribution in [-0.4, -0.2) is 0 Å². The van der Waals surface area contributed by atoms with Crippen molar-refractivity contribution < 1.29 is 37.4 Å². The largest absolute Gasteiger partial charge is 1.00 e. The Kier molecular flexibility index (Phi) is 8.59. The van der Waals surface area contributed by atoms with Gasteiger partial charge in [0, 0.05) is 17.1 Å². The molecule has 0 unspecified atom stereocenters. The van der Waals surface area contributed by atoms with Crippen LogP contribution < -0.4 is 18.9 Å². The molecule has 0 saturated heterocycles. The van der Waals surface area contributed by atoms with Crippen LogP contribution in [0.3, 0.4) is 0 Å². The minimum absolute atomic E-state index is 0. The molecule has 0 aliphatic rings. The van der Waals surface area contributed by atoms with Crippen molar-refractivity contribution >= 4 is 11.3 Å². The Bertz CT molecular complexity index is 184. The van der Waals surface area contributed by atoms with Gasteiger partial charge in [-0.2, -0.15) is 5.26 Å². The van der Waals surface area contributed by atoms with E-state index in [0.717, 1.165) is 4.88 Å². The molecule has 0 atom stereocenters. The second kappa shape index (κ2) is 6.43. The fraction of sp³-hybridized carbons (Fsp3) is 0. The molecule has 0 aliphatic carbocycles. The van der Waals surface area contributed by atoms with Gasteiger partial charge in [0.25, 0.3) is 0 Å². The summed E-state index contributed by atoms with van der Waals surface area (Å²) in [5.41, 5.74) is 0. The van der Waals surface area contributed by atoms with Crippen LogP contribution in [0.5, 0.6) is 0 Å². The van der Waals surface area contributed by atoms with E-state index in [1.807, 2.05) is 17.5 Å². The van der Waals surface area contributed by atoms with Crippen LogP contribution in [-0.2, 0) is 17.1 Å². The molecule has 0 saturated carbocycles. The molecule has 0 spiro atoms. The second-order valence-corrected chi connectivity index (χ2v) is 2.04. The Balaban J connectivity index is -0.000000163. The third kappa shape index (κ3) is 3.81. The zero-order chi connectivity index (χ0) is 5.11. The van der Waals surface area contributed by atoms with Gasteiger partial charge in [0.15, 0.2) is 0 Å². The van der Waals surface area contributed by atoms with Crippen LogP contribution in [0, 0.1) is 11.3 Å². The number of hydrogen-bond acceptors (Lipinski definition) is 2. The van der Waals surface area contributed by atoms with Crippen LogP contribution in [0.2, 0.25) is 0 Å². The summed E-state index contributed by atoms with van der Waals surface area (Å²) in [4.78, 5) is 0.778. The van der Waals surface area contributed by atoms with Gasteiger partial charge < -0.3 is 1.43 Å². The van der Waals surface area contributed by atoms with Crippen LogP contribution in [0.1, 0.15) is 6.30 Å². The van der Waals surface area contributed by atoms with Gasteiger partial charge in [-0.1, -0.05) is 6.07 Å². The SMILES string of the molecule is N#Cc1cccs1.[Cu].[H-].[Li+]. The minimum atomic E-state index is 0. The summed E-state index contributed by atoms with van der Waals surface area (Å²) in [6, 6.07) is 5.69. The van der Waals surface area contributed by atoms with E-state index in [-0.39, 0.29) is 37.4 Å². The predicted molar refractivity (Wildman–Crippen MR) is 30.1 cm³/mol. The van der Waals surface area contributed by atoms with Gasteiger partial charge in [0.2, 0.25) is 0 Å². The smallest absolute Gasteiger partial charge is 1.00 e. The molecule has 9 heavy (non-hydrogen) atoms. The Morgan fingerprint density at radius 3 is 2.56 bits per heavy atom. The summed E-state index contributed by atoms with van der Waals surface area (Å²) >= 11 is 1.46. The summed E-state index contributed by atoms with van der Waals surface area (Å²) < 4.78 is 0. The summed E-state index contributed by atoms with van der Waals surface area (Å²) in [6.45, 7) is 0. The average molecular weight is 181 g/mol. The monoisotopic (exact) mass is 180 g/mol. The van der Waals surface area contributed by atoms with Crippen LogP contribution >= 0.6 is 11.3 Å². The van der Waals surface area contributed by atoms with Crippen LogP contribution in [0.15, 0.2) is 17.5 Å². The second-order valence-electron chi connectivity index (χ2n) is 1.09. The number of nitriles is 1. The molecule has 4 heteroatoms. The van der Waals surface area contributed by atoms with Gasteiger partial charge in [-0.3, -0.25) is 0 Å². The molecule has 0 bridgehead atoms. The van der Waals surface area contributed by atoms with E-state index >= 15 is 0 Å². The minimum Gasteiger partial charge on any atom is -1.00 e. The first kappa shape index (κ1) is 12.0. The van der Waals surface area contributed by atoms with E-state index in [1.54, 1.807) is 6.07 Å². The van der Waals surface area contributed by atoms with Crippen molar-refractivity contribution in [1.82, 2.24) is 0 Å². The summed E-state index contributed by atoms with van der Waals surface area (Å²) in [6.07, 6.45) is 0. The fourth-order valence-electron chi connectivity index (χ4n) is 0.342. The van der Waals surface area contributed by atoms with Crippen molar-refractivity contribution in [3.63, 3.8) is 0 Å². The van der Waals surface area contributed by atoms with Gasteiger partial charge >= 0.3 is 18.9 Å². The van der Waals surface area contributed by atoms with Crippen molar-refractivity contribution in [3.05, 3.63) is 22.4 Å². The van der Waals surface area contributed by atoms with Crippen molar-refractivity contribution in [2.75, 3.05) is 0 Å². The Morgan fingerprint density at radius 1 is 1.67 bits per heavy atom. The molecular formula is C5H4CuLiNS. The number of nitrogens with zero attached hydrogens (tertiary/aromatic N) is 1. The molecule has 1 radical (unpaired) electrons. The van der Waals surface area contributed by atoms with Crippen molar-refractivity contribution in [3.8, 4) is 6.07 Å². The molecule has 1 heterocycles. The van der Waals surface area contributed by atoms with Gasteiger partial charge in [0.05, 0.1) is 0 Å². The van der Waals surface area contributed by atoms with Crippen molar-refractivity contribution in [2.45, 2.75) is 0 Å². The first-order valence-corrected chi connectivity index (χ1v) is 2.75. The van der Waals surface area contributed by atoms with Crippen molar-refractivity contribution in [1.29, 1.82) is 5.26 Å². The molecular weight excluding hydrogens is 177 g/mol. The summed E-state index contributed by atoms with van der Waals surface area (Å²) in [5, 5.41) is 10.1. The van der Waals surface area contributed by atoms with Gasteiger partial charge in [-0.15, -0.1) is 11.3 Å². The maximum atomic E-state index is 8.19. The van der Waals surface area contributed by atoms with E-state index in [4.69, 9.17) is 5.26 Å². The average Bonchev–Trinajstić information content (AvgIpc) is 2.14. The first-order chi connectivity index (χ1) is 3.43. The molecule has 0 aromatic carbocycles. The summed E-state index contributed by atoms with van der Waals surface area (Å²) in [5.74, 6) is 0. The normalized spacial score (nSPS) is 6.11. The zero-order valence-corrected chi connectivity index (χ0v) is 6.65. The van der Waals surface area contributed by atoms with E-state index < -0.39 is 0 Å². The van der Waals surface area contributed by atoms with Crippen LogP contribution in [0.25, 0.3) is 0 Å². The Hall–Kier alpha value is 0.307. The molecule has 0 aliphatic heterocycles. The molecule has 0 fully saturated rings. The Morgan fingerprint density at radius 2 is 2.33 bits per heavy atom. The predicted octanol–water partition coefficient (Wildman–Crippen LogP) is -1.27. The van der Waals surface area contributed by atoms with Gasteiger partial charge in [-0.05, 0) is 11.4 Å². The topological polar surface area (TPSA) is 23.8 Å². The van der Waals surface area contributed by atoms with Crippen LogP contribution in [0.4, 0.5) is 0 Å². The molecule has 0 N–H and O–H groups in total. The maximum absolute atomic E-state index is 8.19. The number of hydrogen-bond donors (Lipinski definition) is 0. The molecule has 1 rings (SSSR count). The summed E-state index contributed by atoms with van der Waals surface area (Å²) in [7, 11) is 0. The van der Waals surface area contributed by atoms with E-state index in [9.17, 15) is 0 Å². The molecule has 1 aromatic heterocycles. The molecule has 0 amide bonds. The van der Waals surface area contributed by atoms with Crippen molar-refractivity contribution in [2.24, 2.45) is 0 Å². The van der Waals surface area contributed by atoms with Gasteiger partial charge in [0.1, 0.15) is 10.9 Å². The molecule has 47 valence electrons. The first-order valence-electron chi connectivity index (χ1n) is 1.87. The maximum Gasteiger partial charge on any atom is 1.00 e. The third-order valence-corrected chi connectivity index (χ3v) is 1.41.